The molecule has 1 aromatic rings. The van der Waals surface area contributed by atoms with Gasteiger partial charge in [-0.25, -0.2) is 0 Å². The molecule has 0 atom stereocenters. The van der Waals surface area contributed by atoms with Crippen LogP contribution in [0.2, 0.25) is 0 Å². The summed E-state index contributed by atoms with van der Waals surface area (Å²) in [6.07, 6.45) is 0.667. The minimum absolute atomic E-state index is 0.563. The Kier molecular flexibility index (Phi) is 4.43. The summed E-state index contributed by atoms with van der Waals surface area (Å²) in [7, 11) is 0. The van der Waals surface area contributed by atoms with Gasteiger partial charge in [0.25, 0.3) is 0 Å². The number of halogens is 2. The molecule has 1 nitrogen and oxygen atoms in total. The van der Waals surface area contributed by atoms with Crippen molar-refractivity contribution < 1.29 is 0 Å². The Hall–Kier alpha value is -0.530. The molecule has 0 aliphatic rings. The topological polar surface area (TPSA) is 23.8 Å². The van der Waals surface area contributed by atoms with Crippen LogP contribution in [0, 0.1) is 14.9 Å². The number of rotatable bonds is 2. The van der Waals surface area contributed by atoms with Crippen LogP contribution in [-0.4, -0.2) is 0 Å². The Morgan fingerprint density at radius 3 is 2.79 bits per heavy atom. The maximum absolute atomic E-state index is 8.83. The molecule has 0 amide bonds. The van der Waals surface area contributed by atoms with Crippen molar-refractivity contribution in [3.8, 4) is 6.07 Å². The van der Waals surface area contributed by atoms with Crippen LogP contribution in [0.15, 0.2) is 29.8 Å². The molecular weight excluding hydrogens is 308 g/mol. The van der Waals surface area contributed by atoms with Crippen molar-refractivity contribution in [1.82, 2.24) is 0 Å². The van der Waals surface area contributed by atoms with E-state index in [-0.39, 0.29) is 0 Å². The molecule has 0 aromatic heterocycles. The first kappa shape index (κ1) is 11.5. The Morgan fingerprint density at radius 1 is 1.57 bits per heavy atom. The molecule has 0 aliphatic carbocycles. The van der Waals surface area contributed by atoms with Crippen LogP contribution >= 0.6 is 34.2 Å². The van der Waals surface area contributed by atoms with E-state index in [1.165, 1.54) is 0 Å². The second kappa shape index (κ2) is 5.38. The van der Waals surface area contributed by atoms with Gasteiger partial charge >= 0.3 is 0 Å². The highest BCUT2D eigenvalue weighted by Crippen LogP contribution is 2.25. The first-order chi connectivity index (χ1) is 6.69. The molecule has 0 saturated heterocycles. The van der Waals surface area contributed by atoms with E-state index in [1.807, 2.05) is 31.2 Å². The van der Waals surface area contributed by atoms with Gasteiger partial charge in [0.15, 0.2) is 0 Å². The SMILES string of the molecule is CCC(C#N)=C(Cl)c1cccc(I)c1. The average molecular weight is 318 g/mol. The number of nitriles is 1. The zero-order chi connectivity index (χ0) is 10.6. The molecule has 0 spiro atoms. The van der Waals surface area contributed by atoms with Crippen LogP contribution < -0.4 is 0 Å². The highest BCUT2D eigenvalue weighted by Gasteiger charge is 2.04. The maximum Gasteiger partial charge on any atom is 0.0962 e. The Bertz CT molecular complexity index is 404. The van der Waals surface area contributed by atoms with Crippen LogP contribution in [-0.2, 0) is 0 Å². The van der Waals surface area contributed by atoms with Gasteiger partial charge in [0.2, 0.25) is 0 Å². The summed E-state index contributed by atoms with van der Waals surface area (Å²) in [4.78, 5) is 0. The lowest BCUT2D eigenvalue weighted by Gasteiger charge is -2.02. The normalized spacial score (nSPS) is 11.9. The van der Waals surface area contributed by atoms with Gasteiger partial charge in [-0.2, -0.15) is 5.26 Å². The molecule has 3 heteroatoms. The second-order valence-corrected chi connectivity index (χ2v) is 4.39. The van der Waals surface area contributed by atoms with Crippen LogP contribution in [0.1, 0.15) is 18.9 Å². The molecule has 0 fully saturated rings. The Labute approximate surface area is 103 Å². The van der Waals surface area contributed by atoms with Crippen molar-refractivity contribution in [2.75, 3.05) is 0 Å². The highest BCUT2D eigenvalue weighted by atomic mass is 127. The quantitative estimate of drug-likeness (QED) is 0.593. The first-order valence-electron chi connectivity index (χ1n) is 4.23. The van der Waals surface area contributed by atoms with Crippen molar-refractivity contribution in [1.29, 1.82) is 5.26 Å². The number of nitrogens with zero attached hydrogens (tertiary/aromatic N) is 1. The summed E-state index contributed by atoms with van der Waals surface area (Å²) in [5.74, 6) is 0. The van der Waals surface area contributed by atoms with Crippen molar-refractivity contribution in [3.63, 3.8) is 0 Å². The fourth-order valence-corrected chi connectivity index (χ4v) is 1.92. The minimum atomic E-state index is 0.563. The number of hydrogen-bond acceptors (Lipinski definition) is 1. The highest BCUT2D eigenvalue weighted by molar-refractivity contribution is 14.1. The lowest BCUT2D eigenvalue weighted by atomic mass is 10.1. The van der Waals surface area contributed by atoms with Gasteiger partial charge in [0.05, 0.1) is 11.1 Å². The smallest absolute Gasteiger partial charge is 0.0962 e. The lowest BCUT2D eigenvalue weighted by molar-refractivity contribution is 1.16. The van der Waals surface area contributed by atoms with Gasteiger partial charge in [-0.15, -0.1) is 0 Å². The van der Waals surface area contributed by atoms with Crippen LogP contribution in [0.25, 0.3) is 5.03 Å². The van der Waals surface area contributed by atoms with Crippen LogP contribution in [0.3, 0.4) is 0 Å². The van der Waals surface area contributed by atoms with Gasteiger partial charge in [0, 0.05) is 9.14 Å². The summed E-state index contributed by atoms with van der Waals surface area (Å²) in [6, 6.07) is 9.92. The van der Waals surface area contributed by atoms with Gasteiger partial charge < -0.3 is 0 Å². The number of benzene rings is 1. The van der Waals surface area contributed by atoms with Gasteiger partial charge in [-0.05, 0) is 46.7 Å². The van der Waals surface area contributed by atoms with E-state index in [0.717, 1.165) is 9.13 Å². The molecular formula is C11H9ClIN. The molecule has 0 heterocycles. The molecule has 14 heavy (non-hydrogen) atoms. The fraction of sp³-hybridized carbons (Fsp3) is 0.182. The van der Waals surface area contributed by atoms with Crippen LogP contribution in [0.4, 0.5) is 0 Å². The molecule has 0 N–H and O–H groups in total. The molecule has 0 saturated carbocycles. The number of allylic oxidation sites excluding steroid dienone is 1. The average Bonchev–Trinajstić information content (AvgIpc) is 2.19. The third-order valence-electron chi connectivity index (χ3n) is 1.83. The predicted molar refractivity (Wildman–Crippen MR) is 67.8 cm³/mol. The van der Waals surface area contributed by atoms with Crippen molar-refractivity contribution >= 4 is 39.2 Å². The lowest BCUT2D eigenvalue weighted by Crippen LogP contribution is -1.84. The van der Waals surface area contributed by atoms with E-state index in [9.17, 15) is 0 Å². The van der Waals surface area contributed by atoms with Crippen LogP contribution in [0.5, 0.6) is 0 Å². The van der Waals surface area contributed by atoms with E-state index in [1.54, 1.807) is 0 Å². The summed E-state index contributed by atoms with van der Waals surface area (Å²) in [6.45, 7) is 1.93. The first-order valence-corrected chi connectivity index (χ1v) is 5.69. The summed E-state index contributed by atoms with van der Waals surface area (Å²) >= 11 is 8.32. The molecule has 0 unspecified atom stereocenters. The summed E-state index contributed by atoms with van der Waals surface area (Å²) in [5.41, 5.74) is 1.55. The monoisotopic (exact) mass is 317 g/mol. The van der Waals surface area contributed by atoms with E-state index in [4.69, 9.17) is 16.9 Å². The molecule has 0 bridgehead atoms. The third-order valence-corrected chi connectivity index (χ3v) is 2.95. The molecule has 1 rings (SSSR count). The van der Waals surface area contributed by atoms with Gasteiger partial charge in [0.1, 0.15) is 0 Å². The van der Waals surface area contributed by atoms with Gasteiger partial charge in [-0.1, -0.05) is 30.7 Å². The van der Waals surface area contributed by atoms with E-state index >= 15 is 0 Å². The zero-order valence-corrected chi connectivity index (χ0v) is 10.6. The molecule has 72 valence electrons. The Morgan fingerprint density at radius 2 is 2.29 bits per heavy atom. The Balaban J connectivity index is 3.18. The van der Waals surface area contributed by atoms with Crippen molar-refractivity contribution in [3.05, 3.63) is 39.0 Å². The summed E-state index contributed by atoms with van der Waals surface area (Å²) in [5, 5.41) is 9.40. The summed E-state index contributed by atoms with van der Waals surface area (Å²) < 4.78 is 1.12. The second-order valence-electron chi connectivity index (χ2n) is 2.77. The predicted octanol–water partition coefficient (Wildman–Crippen LogP) is 4.17. The third kappa shape index (κ3) is 2.73. The molecule has 1 aromatic carbocycles. The fourth-order valence-electron chi connectivity index (χ4n) is 1.08. The standard InChI is InChI=1S/C11H9ClIN/c1-2-8(7-14)11(12)9-4-3-5-10(13)6-9/h3-6H,2H2,1H3. The molecule has 0 radical (unpaired) electrons. The van der Waals surface area contributed by atoms with E-state index in [2.05, 4.69) is 28.7 Å². The van der Waals surface area contributed by atoms with E-state index < -0.39 is 0 Å². The maximum atomic E-state index is 8.83. The minimum Gasteiger partial charge on any atom is -0.193 e. The van der Waals surface area contributed by atoms with E-state index in [0.29, 0.717) is 17.0 Å². The number of hydrogen-bond donors (Lipinski definition) is 0. The zero-order valence-electron chi connectivity index (χ0n) is 7.72. The van der Waals surface area contributed by atoms with Gasteiger partial charge in [-0.3, -0.25) is 0 Å². The molecule has 0 aliphatic heterocycles. The largest absolute Gasteiger partial charge is 0.193 e. The van der Waals surface area contributed by atoms with Crippen molar-refractivity contribution in [2.45, 2.75) is 13.3 Å². The van der Waals surface area contributed by atoms with Crippen molar-refractivity contribution in [2.24, 2.45) is 0 Å².